The fourth-order valence-corrected chi connectivity index (χ4v) is 4.62. The van der Waals surface area contributed by atoms with E-state index in [1.807, 2.05) is 9.80 Å². The summed E-state index contributed by atoms with van der Waals surface area (Å²) in [5.74, 6) is 0.553. The molecule has 3 saturated heterocycles. The number of likely N-dealkylation sites (tertiary alicyclic amines) is 2. The number of ether oxygens (including phenoxy) is 2. The summed E-state index contributed by atoms with van der Waals surface area (Å²) in [5, 5.41) is 2.93. The number of piperidine rings is 2. The van der Waals surface area contributed by atoms with Gasteiger partial charge in [0.2, 0.25) is 5.91 Å². The van der Waals surface area contributed by atoms with Crippen molar-refractivity contribution in [1.82, 2.24) is 15.1 Å². The van der Waals surface area contributed by atoms with Gasteiger partial charge in [-0.1, -0.05) is 6.07 Å². The molecule has 3 fully saturated rings. The molecule has 8 heteroatoms. The standard InChI is InChI=1S/C21H28FN3O4/c1-28-18-4-2-3-16(22)15(18)11-14-5-8-24(9-6-14)21(27)25-10-7-19-17(12-25)23-20(26)13-29-19/h2-4,14,17,19H,5-13H2,1H3,(H,23,26)/t17-,19?/m1/s1. The number of carbonyl (C=O) groups excluding carboxylic acids is 2. The topological polar surface area (TPSA) is 71.1 Å². The molecule has 1 N–H and O–H groups in total. The monoisotopic (exact) mass is 405 g/mol. The number of hydrogen-bond acceptors (Lipinski definition) is 4. The van der Waals surface area contributed by atoms with E-state index in [0.29, 0.717) is 49.8 Å². The summed E-state index contributed by atoms with van der Waals surface area (Å²) in [4.78, 5) is 28.2. The van der Waals surface area contributed by atoms with Gasteiger partial charge in [-0.05, 0) is 43.7 Å². The number of halogens is 1. The second kappa shape index (κ2) is 8.57. The second-order valence-electron chi connectivity index (χ2n) is 8.10. The first kappa shape index (κ1) is 19.9. The molecule has 0 aromatic heterocycles. The Morgan fingerprint density at radius 2 is 2.00 bits per heavy atom. The molecule has 0 bridgehead atoms. The molecule has 3 amide bonds. The highest BCUT2D eigenvalue weighted by Gasteiger charge is 2.38. The quantitative estimate of drug-likeness (QED) is 0.833. The Labute approximate surface area is 170 Å². The van der Waals surface area contributed by atoms with Crippen molar-refractivity contribution >= 4 is 11.9 Å². The van der Waals surface area contributed by atoms with Crippen LogP contribution in [0, 0.1) is 11.7 Å². The Kier molecular flexibility index (Phi) is 5.89. The van der Waals surface area contributed by atoms with Crippen LogP contribution in [-0.4, -0.2) is 73.8 Å². The number of benzene rings is 1. The highest BCUT2D eigenvalue weighted by atomic mass is 19.1. The van der Waals surface area contributed by atoms with E-state index in [9.17, 15) is 14.0 Å². The average molecular weight is 405 g/mol. The van der Waals surface area contributed by atoms with Crippen LogP contribution in [-0.2, 0) is 16.0 Å². The zero-order chi connectivity index (χ0) is 20.4. The molecule has 29 heavy (non-hydrogen) atoms. The van der Waals surface area contributed by atoms with E-state index in [1.165, 1.54) is 6.07 Å². The summed E-state index contributed by atoms with van der Waals surface area (Å²) in [6.07, 6.45) is 3.03. The van der Waals surface area contributed by atoms with Crippen LogP contribution in [0.1, 0.15) is 24.8 Å². The number of methoxy groups -OCH3 is 1. The maximum atomic E-state index is 14.2. The molecule has 0 spiro atoms. The molecule has 1 aromatic carbocycles. The van der Waals surface area contributed by atoms with Crippen molar-refractivity contribution < 1.29 is 23.5 Å². The van der Waals surface area contributed by atoms with Crippen LogP contribution in [0.4, 0.5) is 9.18 Å². The first-order chi connectivity index (χ1) is 14.0. The van der Waals surface area contributed by atoms with Gasteiger partial charge in [0.15, 0.2) is 0 Å². The van der Waals surface area contributed by atoms with Gasteiger partial charge in [-0.3, -0.25) is 4.79 Å². The van der Waals surface area contributed by atoms with Crippen molar-refractivity contribution in [2.75, 3.05) is 39.9 Å². The molecule has 0 saturated carbocycles. The predicted octanol–water partition coefficient (Wildman–Crippen LogP) is 1.80. The summed E-state index contributed by atoms with van der Waals surface area (Å²) >= 11 is 0. The van der Waals surface area contributed by atoms with Crippen LogP contribution in [0.5, 0.6) is 5.75 Å². The lowest BCUT2D eigenvalue weighted by atomic mass is 9.89. The van der Waals surface area contributed by atoms with E-state index < -0.39 is 0 Å². The lowest BCUT2D eigenvalue weighted by Gasteiger charge is -2.43. The van der Waals surface area contributed by atoms with Gasteiger partial charge >= 0.3 is 6.03 Å². The summed E-state index contributed by atoms with van der Waals surface area (Å²) in [7, 11) is 1.56. The maximum Gasteiger partial charge on any atom is 0.320 e. The number of fused-ring (bicyclic) bond motifs is 1. The average Bonchev–Trinajstić information content (AvgIpc) is 2.74. The predicted molar refractivity (Wildman–Crippen MR) is 104 cm³/mol. The van der Waals surface area contributed by atoms with Crippen molar-refractivity contribution in [3.05, 3.63) is 29.6 Å². The van der Waals surface area contributed by atoms with Gasteiger partial charge in [-0.25, -0.2) is 9.18 Å². The first-order valence-corrected chi connectivity index (χ1v) is 10.3. The smallest absolute Gasteiger partial charge is 0.320 e. The van der Waals surface area contributed by atoms with Crippen molar-refractivity contribution in [2.24, 2.45) is 5.92 Å². The van der Waals surface area contributed by atoms with Gasteiger partial charge in [0, 0.05) is 31.7 Å². The minimum atomic E-state index is -0.234. The number of nitrogens with one attached hydrogen (secondary N) is 1. The fourth-order valence-electron chi connectivity index (χ4n) is 4.62. The molecule has 0 radical (unpaired) electrons. The number of urea groups is 1. The number of hydrogen-bond donors (Lipinski definition) is 1. The van der Waals surface area contributed by atoms with E-state index >= 15 is 0 Å². The third kappa shape index (κ3) is 4.32. The van der Waals surface area contributed by atoms with E-state index in [0.717, 1.165) is 19.3 Å². The minimum Gasteiger partial charge on any atom is -0.496 e. The Hall–Kier alpha value is -2.35. The van der Waals surface area contributed by atoms with Gasteiger partial charge in [-0.15, -0.1) is 0 Å². The lowest BCUT2D eigenvalue weighted by molar-refractivity contribution is -0.139. The van der Waals surface area contributed by atoms with Gasteiger partial charge in [0.25, 0.3) is 0 Å². The van der Waals surface area contributed by atoms with E-state index in [1.54, 1.807) is 19.2 Å². The lowest BCUT2D eigenvalue weighted by Crippen LogP contribution is -2.62. The summed E-state index contributed by atoms with van der Waals surface area (Å²) in [6, 6.07) is 4.80. The minimum absolute atomic E-state index is 0.00163. The number of amides is 3. The van der Waals surface area contributed by atoms with Crippen molar-refractivity contribution in [1.29, 1.82) is 0 Å². The summed E-state index contributed by atoms with van der Waals surface area (Å²) in [5.41, 5.74) is 0.620. The van der Waals surface area contributed by atoms with Gasteiger partial charge in [-0.2, -0.15) is 0 Å². The van der Waals surface area contributed by atoms with Crippen LogP contribution in [0.15, 0.2) is 18.2 Å². The van der Waals surface area contributed by atoms with Gasteiger partial charge in [0.05, 0.1) is 19.3 Å². The molecule has 7 nitrogen and oxygen atoms in total. The summed E-state index contributed by atoms with van der Waals surface area (Å²) < 4.78 is 25.1. The highest BCUT2D eigenvalue weighted by molar-refractivity contribution is 5.79. The Balaban J connectivity index is 1.31. The molecule has 0 aliphatic carbocycles. The van der Waals surface area contributed by atoms with Crippen LogP contribution in [0.2, 0.25) is 0 Å². The fraction of sp³-hybridized carbons (Fsp3) is 0.619. The Morgan fingerprint density at radius 1 is 1.24 bits per heavy atom. The van der Waals surface area contributed by atoms with E-state index in [-0.39, 0.29) is 36.5 Å². The second-order valence-corrected chi connectivity index (χ2v) is 8.10. The van der Waals surface area contributed by atoms with Crippen LogP contribution < -0.4 is 10.1 Å². The largest absolute Gasteiger partial charge is 0.496 e. The van der Waals surface area contributed by atoms with E-state index in [2.05, 4.69) is 5.32 Å². The van der Waals surface area contributed by atoms with Gasteiger partial charge in [0.1, 0.15) is 18.2 Å². The van der Waals surface area contributed by atoms with Gasteiger partial charge < -0.3 is 24.6 Å². The molecular formula is C21H28FN3O4. The van der Waals surface area contributed by atoms with Crippen LogP contribution >= 0.6 is 0 Å². The Morgan fingerprint density at radius 3 is 2.76 bits per heavy atom. The number of nitrogens with zero attached hydrogens (tertiary/aromatic N) is 2. The first-order valence-electron chi connectivity index (χ1n) is 10.3. The molecule has 3 aliphatic heterocycles. The third-order valence-electron chi connectivity index (χ3n) is 6.27. The molecular weight excluding hydrogens is 377 g/mol. The molecule has 158 valence electrons. The highest BCUT2D eigenvalue weighted by Crippen LogP contribution is 2.29. The van der Waals surface area contributed by atoms with Crippen molar-refractivity contribution in [3.63, 3.8) is 0 Å². The number of carbonyl (C=O) groups is 2. The molecule has 1 unspecified atom stereocenters. The zero-order valence-corrected chi connectivity index (χ0v) is 16.7. The van der Waals surface area contributed by atoms with Crippen molar-refractivity contribution in [3.8, 4) is 5.75 Å². The number of morpholine rings is 1. The maximum absolute atomic E-state index is 14.2. The molecule has 3 heterocycles. The molecule has 1 aromatic rings. The van der Waals surface area contributed by atoms with Crippen LogP contribution in [0.3, 0.4) is 0 Å². The molecule has 2 atom stereocenters. The SMILES string of the molecule is COc1cccc(F)c1CC1CCN(C(=O)N2CCC3OCC(=O)N[C@@H]3C2)CC1. The zero-order valence-electron chi connectivity index (χ0n) is 16.7. The molecule has 4 rings (SSSR count). The van der Waals surface area contributed by atoms with Crippen LogP contribution in [0.25, 0.3) is 0 Å². The summed E-state index contributed by atoms with van der Waals surface area (Å²) in [6.45, 7) is 2.56. The third-order valence-corrected chi connectivity index (χ3v) is 6.27. The molecule has 3 aliphatic rings. The normalized spacial score (nSPS) is 25.4. The van der Waals surface area contributed by atoms with E-state index in [4.69, 9.17) is 9.47 Å². The Bertz CT molecular complexity index is 766. The van der Waals surface area contributed by atoms with Crippen molar-refractivity contribution in [2.45, 2.75) is 37.8 Å². The number of rotatable bonds is 3.